The summed E-state index contributed by atoms with van der Waals surface area (Å²) in [5.41, 5.74) is 1.35. The fourth-order valence-corrected chi connectivity index (χ4v) is 2.49. The second kappa shape index (κ2) is 8.60. The second-order valence-electron chi connectivity index (χ2n) is 4.81. The molecule has 0 aromatic heterocycles. The van der Waals surface area contributed by atoms with Crippen LogP contribution in [0.25, 0.3) is 0 Å². The van der Waals surface area contributed by atoms with Crippen LogP contribution in [-0.4, -0.2) is 17.4 Å². The summed E-state index contributed by atoms with van der Waals surface area (Å²) in [5, 5.41) is 11.5. The van der Waals surface area contributed by atoms with E-state index in [2.05, 4.69) is 19.2 Å². The lowest BCUT2D eigenvalue weighted by Gasteiger charge is -2.06. The first-order chi connectivity index (χ1) is 9.11. The summed E-state index contributed by atoms with van der Waals surface area (Å²) in [6.45, 7) is 4.40. The highest BCUT2D eigenvalue weighted by atomic mass is 32.2. The molecule has 0 bridgehead atoms. The third kappa shape index (κ3) is 6.88. The zero-order valence-corrected chi connectivity index (χ0v) is 12.3. The number of nitrogens with one attached hydrogen (secondary N) is 1. The quantitative estimate of drug-likeness (QED) is 0.773. The number of hydrogen-bond donors (Lipinski definition) is 1. The largest absolute Gasteiger partial charge is 0.326 e. The van der Waals surface area contributed by atoms with Gasteiger partial charge in [0.05, 0.1) is 11.6 Å². The van der Waals surface area contributed by atoms with Crippen molar-refractivity contribution in [3.8, 4) is 6.07 Å². The van der Waals surface area contributed by atoms with Gasteiger partial charge in [0.15, 0.2) is 0 Å². The maximum Gasteiger partial charge on any atom is 0.224 e. The van der Waals surface area contributed by atoms with E-state index in [0.717, 1.165) is 23.6 Å². The van der Waals surface area contributed by atoms with Crippen LogP contribution in [0, 0.1) is 17.2 Å². The zero-order valence-electron chi connectivity index (χ0n) is 11.5. The molecule has 0 unspecified atom stereocenters. The van der Waals surface area contributed by atoms with Gasteiger partial charge in [0.25, 0.3) is 0 Å². The molecule has 0 fully saturated rings. The maximum atomic E-state index is 11.7. The molecule has 1 N–H and O–H groups in total. The van der Waals surface area contributed by atoms with Crippen LogP contribution in [0.5, 0.6) is 0 Å². The molecule has 0 saturated carbocycles. The molecule has 0 spiro atoms. The first-order valence-corrected chi connectivity index (χ1v) is 7.65. The van der Waals surface area contributed by atoms with E-state index in [4.69, 9.17) is 5.26 Å². The SMILES string of the molecule is CC(C)CSCCCC(=O)Nc1ccc(C#N)cc1. The van der Waals surface area contributed by atoms with E-state index in [1.165, 1.54) is 0 Å². The molecule has 4 heteroatoms. The van der Waals surface area contributed by atoms with Gasteiger partial charge in [0, 0.05) is 12.1 Å². The molecular formula is C15H20N2OS. The van der Waals surface area contributed by atoms with Crippen molar-refractivity contribution < 1.29 is 4.79 Å². The summed E-state index contributed by atoms with van der Waals surface area (Å²) in [6, 6.07) is 8.96. The summed E-state index contributed by atoms with van der Waals surface area (Å²) >= 11 is 1.90. The average Bonchev–Trinajstić information content (AvgIpc) is 2.39. The second-order valence-corrected chi connectivity index (χ2v) is 5.96. The smallest absolute Gasteiger partial charge is 0.224 e. The predicted octanol–water partition coefficient (Wildman–Crippen LogP) is 3.67. The lowest BCUT2D eigenvalue weighted by atomic mass is 10.2. The number of thioether (sulfide) groups is 1. The normalized spacial score (nSPS) is 10.2. The summed E-state index contributed by atoms with van der Waals surface area (Å²) in [7, 11) is 0. The Balaban J connectivity index is 2.22. The van der Waals surface area contributed by atoms with Crippen LogP contribution in [0.15, 0.2) is 24.3 Å². The summed E-state index contributed by atoms with van der Waals surface area (Å²) in [4.78, 5) is 11.7. The van der Waals surface area contributed by atoms with Crippen LogP contribution in [0.2, 0.25) is 0 Å². The molecule has 1 rings (SSSR count). The van der Waals surface area contributed by atoms with Crippen molar-refractivity contribution in [1.82, 2.24) is 0 Å². The summed E-state index contributed by atoms with van der Waals surface area (Å²) in [6.07, 6.45) is 1.45. The van der Waals surface area contributed by atoms with E-state index in [-0.39, 0.29) is 5.91 Å². The molecule has 0 saturated heterocycles. The number of rotatable bonds is 7. The van der Waals surface area contributed by atoms with Gasteiger partial charge in [-0.2, -0.15) is 17.0 Å². The van der Waals surface area contributed by atoms with E-state index < -0.39 is 0 Å². The predicted molar refractivity (Wildman–Crippen MR) is 81.2 cm³/mol. The van der Waals surface area contributed by atoms with Gasteiger partial charge in [0.2, 0.25) is 5.91 Å². The third-order valence-corrected chi connectivity index (χ3v) is 3.92. The molecule has 19 heavy (non-hydrogen) atoms. The van der Waals surface area contributed by atoms with Gasteiger partial charge in [0.1, 0.15) is 0 Å². The molecule has 0 aliphatic carbocycles. The fourth-order valence-electron chi connectivity index (χ4n) is 1.51. The van der Waals surface area contributed by atoms with Crippen LogP contribution >= 0.6 is 11.8 Å². The van der Waals surface area contributed by atoms with Gasteiger partial charge in [-0.25, -0.2) is 0 Å². The Kier molecular flexibility index (Phi) is 7.06. The zero-order chi connectivity index (χ0) is 14.1. The molecule has 0 aliphatic rings. The van der Waals surface area contributed by atoms with Gasteiger partial charge in [-0.1, -0.05) is 13.8 Å². The van der Waals surface area contributed by atoms with Gasteiger partial charge in [-0.15, -0.1) is 0 Å². The minimum Gasteiger partial charge on any atom is -0.326 e. The summed E-state index contributed by atoms with van der Waals surface area (Å²) < 4.78 is 0. The number of anilines is 1. The lowest BCUT2D eigenvalue weighted by Crippen LogP contribution is -2.11. The third-order valence-electron chi connectivity index (χ3n) is 2.44. The Labute approximate surface area is 119 Å². The van der Waals surface area contributed by atoms with E-state index in [9.17, 15) is 4.79 Å². The first kappa shape index (κ1) is 15.6. The molecule has 1 aromatic carbocycles. The molecule has 1 amide bonds. The first-order valence-electron chi connectivity index (χ1n) is 6.49. The molecule has 3 nitrogen and oxygen atoms in total. The van der Waals surface area contributed by atoms with Crippen molar-refractivity contribution >= 4 is 23.4 Å². The Hall–Kier alpha value is -1.47. The maximum absolute atomic E-state index is 11.7. The van der Waals surface area contributed by atoms with E-state index in [1.54, 1.807) is 24.3 Å². The van der Waals surface area contributed by atoms with Crippen molar-refractivity contribution in [2.24, 2.45) is 5.92 Å². The Bertz CT molecular complexity index is 434. The van der Waals surface area contributed by atoms with Crippen molar-refractivity contribution in [3.05, 3.63) is 29.8 Å². The van der Waals surface area contributed by atoms with Gasteiger partial charge in [-0.3, -0.25) is 4.79 Å². The van der Waals surface area contributed by atoms with Crippen LogP contribution in [0.3, 0.4) is 0 Å². The van der Waals surface area contributed by atoms with Gasteiger partial charge >= 0.3 is 0 Å². The van der Waals surface area contributed by atoms with Crippen molar-refractivity contribution in [2.45, 2.75) is 26.7 Å². The number of carbonyl (C=O) groups is 1. The Morgan fingerprint density at radius 1 is 1.37 bits per heavy atom. The number of benzene rings is 1. The number of amides is 1. The Morgan fingerprint density at radius 2 is 2.05 bits per heavy atom. The number of nitrogens with zero attached hydrogens (tertiary/aromatic N) is 1. The fraction of sp³-hybridized carbons (Fsp3) is 0.467. The molecule has 102 valence electrons. The Morgan fingerprint density at radius 3 is 2.63 bits per heavy atom. The van der Waals surface area contributed by atoms with Crippen LogP contribution < -0.4 is 5.32 Å². The molecule has 1 aromatic rings. The van der Waals surface area contributed by atoms with E-state index in [1.807, 2.05) is 17.8 Å². The van der Waals surface area contributed by atoms with Crippen molar-refractivity contribution in [1.29, 1.82) is 5.26 Å². The van der Waals surface area contributed by atoms with E-state index >= 15 is 0 Å². The molecule has 0 atom stereocenters. The number of hydrogen-bond acceptors (Lipinski definition) is 3. The minimum atomic E-state index is 0.0369. The van der Waals surface area contributed by atoms with Crippen LogP contribution in [0.1, 0.15) is 32.3 Å². The molecule has 0 aliphatic heterocycles. The van der Waals surface area contributed by atoms with E-state index in [0.29, 0.717) is 17.9 Å². The summed E-state index contributed by atoms with van der Waals surface area (Å²) in [5.74, 6) is 2.92. The highest BCUT2D eigenvalue weighted by Crippen LogP contribution is 2.12. The number of nitriles is 1. The lowest BCUT2D eigenvalue weighted by molar-refractivity contribution is -0.116. The van der Waals surface area contributed by atoms with Crippen molar-refractivity contribution in [2.75, 3.05) is 16.8 Å². The monoisotopic (exact) mass is 276 g/mol. The van der Waals surface area contributed by atoms with Crippen molar-refractivity contribution in [3.63, 3.8) is 0 Å². The van der Waals surface area contributed by atoms with Gasteiger partial charge < -0.3 is 5.32 Å². The molecule has 0 radical (unpaired) electrons. The average molecular weight is 276 g/mol. The molecule has 0 heterocycles. The highest BCUT2D eigenvalue weighted by molar-refractivity contribution is 7.99. The molecular weight excluding hydrogens is 256 g/mol. The van der Waals surface area contributed by atoms with Crippen LogP contribution in [-0.2, 0) is 4.79 Å². The number of carbonyl (C=O) groups excluding carboxylic acids is 1. The topological polar surface area (TPSA) is 52.9 Å². The van der Waals surface area contributed by atoms with Crippen LogP contribution in [0.4, 0.5) is 5.69 Å². The van der Waals surface area contributed by atoms with Gasteiger partial charge in [-0.05, 0) is 48.1 Å². The minimum absolute atomic E-state index is 0.0369. The highest BCUT2D eigenvalue weighted by Gasteiger charge is 2.03. The standard InChI is InChI=1S/C15H20N2OS/c1-12(2)11-19-9-3-4-15(18)17-14-7-5-13(10-16)6-8-14/h5-8,12H,3-4,9,11H2,1-2H3,(H,17,18).